The standard InChI is InChI=1S/C12H12N2O/c1-15-12-8-7-11(13-14-12)9-10-5-3-2-4-6-10/h2-8H,9H2,1H3. The van der Waals surface area contributed by atoms with Gasteiger partial charge in [-0.25, -0.2) is 0 Å². The van der Waals surface area contributed by atoms with Gasteiger partial charge in [0.1, 0.15) is 0 Å². The molecule has 0 fully saturated rings. The first-order valence-electron chi connectivity index (χ1n) is 4.79. The zero-order chi connectivity index (χ0) is 10.5. The van der Waals surface area contributed by atoms with E-state index in [1.54, 1.807) is 7.11 Å². The van der Waals surface area contributed by atoms with Crippen LogP contribution in [0.4, 0.5) is 0 Å². The molecule has 2 rings (SSSR count). The van der Waals surface area contributed by atoms with E-state index in [2.05, 4.69) is 22.3 Å². The second-order valence-electron chi connectivity index (χ2n) is 3.23. The zero-order valence-corrected chi connectivity index (χ0v) is 8.55. The van der Waals surface area contributed by atoms with Crippen molar-refractivity contribution in [2.45, 2.75) is 6.42 Å². The van der Waals surface area contributed by atoms with Crippen molar-refractivity contribution in [1.82, 2.24) is 10.2 Å². The van der Waals surface area contributed by atoms with Crippen LogP contribution in [0.15, 0.2) is 42.5 Å². The average molecular weight is 200 g/mol. The third-order valence-electron chi connectivity index (χ3n) is 2.13. The van der Waals surface area contributed by atoms with Gasteiger partial charge in [-0.05, 0) is 11.6 Å². The van der Waals surface area contributed by atoms with Crippen LogP contribution in [0.25, 0.3) is 0 Å². The van der Waals surface area contributed by atoms with Crippen LogP contribution in [0.1, 0.15) is 11.3 Å². The predicted molar refractivity (Wildman–Crippen MR) is 57.8 cm³/mol. The van der Waals surface area contributed by atoms with Crippen molar-refractivity contribution < 1.29 is 4.74 Å². The average Bonchev–Trinajstić information content (AvgIpc) is 2.31. The van der Waals surface area contributed by atoms with Crippen LogP contribution in [-0.2, 0) is 6.42 Å². The summed E-state index contributed by atoms with van der Waals surface area (Å²) in [7, 11) is 1.58. The number of hydrogen-bond donors (Lipinski definition) is 0. The summed E-state index contributed by atoms with van der Waals surface area (Å²) in [6.07, 6.45) is 0.803. The Bertz CT molecular complexity index is 411. The lowest BCUT2D eigenvalue weighted by Crippen LogP contribution is -1.96. The molecular formula is C12H12N2O. The van der Waals surface area contributed by atoms with Crippen molar-refractivity contribution in [3.8, 4) is 5.88 Å². The zero-order valence-electron chi connectivity index (χ0n) is 8.55. The maximum atomic E-state index is 4.95. The van der Waals surface area contributed by atoms with Crippen molar-refractivity contribution in [2.75, 3.05) is 7.11 Å². The topological polar surface area (TPSA) is 35.0 Å². The monoisotopic (exact) mass is 200 g/mol. The maximum absolute atomic E-state index is 4.95. The van der Waals surface area contributed by atoms with E-state index in [0.717, 1.165) is 12.1 Å². The van der Waals surface area contributed by atoms with Crippen molar-refractivity contribution >= 4 is 0 Å². The summed E-state index contributed by atoms with van der Waals surface area (Å²) in [5.74, 6) is 0.548. The molecule has 0 spiro atoms. The Morgan fingerprint density at radius 1 is 1.00 bits per heavy atom. The van der Waals surface area contributed by atoms with Crippen molar-refractivity contribution in [2.24, 2.45) is 0 Å². The number of methoxy groups -OCH3 is 1. The smallest absolute Gasteiger partial charge is 0.233 e. The van der Waals surface area contributed by atoms with Gasteiger partial charge in [-0.3, -0.25) is 0 Å². The molecule has 0 unspecified atom stereocenters. The van der Waals surface area contributed by atoms with Gasteiger partial charge in [-0.1, -0.05) is 30.3 Å². The third-order valence-corrected chi connectivity index (χ3v) is 2.13. The minimum Gasteiger partial charge on any atom is -0.480 e. The van der Waals surface area contributed by atoms with Gasteiger partial charge >= 0.3 is 0 Å². The van der Waals surface area contributed by atoms with Crippen LogP contribution in [0.2, 0.25) is 0 Å². The highest BCUT2D eigenvalue weighted by atomic mass is 16.5. The molecule has 0 saturated carbocycles. The molecule has 0 aliphatic carbocycles. The van der Waals surface area contributed by atoms with Crippen LogP contribution in [0.3, 0.4) is 0 Å². The van der Waals surface area contributed by atoms with E-state index in [1.165, 1.54) is 5.56 Å². The molecule has 0 atom stereocenters. The van der Waals surface area contributed by atoms with Gasteiger partial charge in [-0.15, -0.1) is 5.10 Å². The van der Waals surface area contributed by atoms with E-state index >= 15 is 0 Å². The van der Waals surface area contributed by atoms with Crippen molar-refractivity contribution in [1.29, 1.82) is 0 Å². The van der Waals surface area contributed by atoms with E-state index < -0.39 is 0 Å². The molecule has 15 heavy (non-hydrogen) atoms. The minimum atomic E-state index is 0.548. The molecule has 76 valence electrons. The molecule has 1 aromatic heterocycles. The third kappa shape index (κ3) is 2.53. The lowest BCUT2D eigenvalue weighted by molar-refractivity contribution is 0.391. The van der Waals surface area contributed by atoms with Gasteiger partial charge < -0.3 is 4.74 Å². The Kier molecular flexibility index (Phi) is 2.93. The molecule has 3 heteroatoms. The van der Waals surface area contributed by atoms with E-state index in [4.69, 9.17) is 4.74 Å². The van der Waals surface area contributed by atoms with Crippen molar-refractivity contribution in [3.05, 3.63) is 53.7 Å². The highest BCUT2D eigenvalue weighted by Gasteiger charge is 1.98. The first-order chi connectivity index (χ1) is 7.38. The quantitative estimate of drug-likeness (QED) is 0.760. The van der Waals surface area contributed by atoms with Gasteiger partial charge in [-0.2, -0.15) is 5.10 Å². The number of benzene rings is 1. The first kappa shape index (κ1) is 9.65. The SMILES string of the molecule is COc1ccc(Cc2ccccc2)nn1. The van der Waals surface area contributed by atoms with E-state index in [9.17, 15) is 0 Å². The van der Waals surface area contributed by atoms with Crippen LogP contribution < -0.4 is 4.74 Å². The molecule has 1 aromatic carbocycles. The summed E-state index contributed by atoms with van der Waals surface area (Å²) in [6, 6.07) is 13.9. The molecule has 0 aliphatic rings. The molecule has 0 radical (unpaired) electrons. The highest BCUT2D eigenvalue weighted by molar-refractivity contribution is 5.22. The molecule has 0 bridgehead atoms. The largest absolute Gasteiger partial charge is 0.480 e. The molecule has 0 N–H and O–H groups in total. The fourth-order valence-electron chi connectivity index (χ4n) is 1.36. The van der Waals surface area contributed by atoms with E-state index in [-0.39, 0.29) is 0 Å². The summed E-state index contributed by atoms with van der Waals surface area (Å²) in [6.45, 7) is 0. The number of nitrogens with zero attached hydrogens (tertiary/aromatic N) is 2. The molecule has 1 heterocycles. The molecule has 0 amide bonds. The van der Waals surface area contributed by atoms with Crippen LogP contribution in [0.5, 0.6) is 5.88 Å². The molecule has 0 saturated heterocycles. The Balaban J connectivity index is 2.11. The van der Waals surface area contributed by atoms with Crippen LogP contribution >= 0.6 is 0 Å². The van der Waals surface area contributed by atoms with Crippen LogP contribution in [-0.4, -0.2) is 17.3 Å². The van der Waals surface area contributed by atoms with Crippen LogP contribution in [0, 0.1) is 0 Å². The number of rotatable bonds is 3. The fraction of sp³-hybridized carbons (Fsp3) is 0.167. The lowest BCUT2D eigenvalue weighted by atomic mass is 10.1. The van der Waals surface area contributed by atoms with E-state index in [0.29, 0.717) is 5.88 Å². The minimum absolute atomic E-state index is 0.548. The summed E-state index contributed by atoms with van der Waals surface area (Å²) in [5.41, 5.74) is 2.18. The summed E-state index contributed by atoms with van der Waals surface area (Å²) >= 11 is 0. The number of aromatic nitrogens is 2. The van der Waals surface area contributed by atoms with Crippen molar-refractivity contribution in [3.63, 3.8) is 0 Å². The normalized spacial score (nSPS) is 9.93. The summed E-state index contributed by atoms with van der Waals surface area (Å²) in [4.78, 5) is 0. The number of ether oxygens (including phenoxy) is 1. The van der Waals surface area contributed by atoms with Gasteiger partial charge in [0, 0.05) is 12.5 Å². The Morgan fingerprint density at radius 2 is 1.80 bits per heavy atom. The number of hydrogen-bond acceptors (Lipinski definition) is 3. The first-order valence-corrected chi connectivity index (χ1v) is 4.79. The van der Waals surface area contributed by atoms with Gasteiger partial charge in [0.2, 0.25) is 5.88 Å². The molecular weight excluding hydrogens is 188 g/mol. The molecule has 3 nitrogen and oxygen atoms in total. The lowest BCUT2D eigenvalue weighted by Gasteiger charge is -2.01. The summed E-state index contributed by atoms with van der Waals surface area (Å²) in [5, 5.41) is 7.99. The predicted octanol–water partition coefficient (Wildman–Crippen LogP) is 2.08. The molecule has 2 aromatic rings. The molecule has 0 aliphatic heterocycles. The summed E-state index contributed by atoms with van der Waals surface area (Å²) < 4.78 is 4.95. The highest BCUT2D eigenvalue weighted by Crippen LogP contribution is 2.08. The Labute approximate surface area is 88.7 Å². The maximum Gasteiger partial charge on any atom is 0.233 e. The fourth-order valence-corrected chi connectivity index (χ4v) is 1.36. The van der Waals surface area contributed by atoms with E-state index in [1.807, 2.05) is 30.3 Å². The van der Waals surface area contributed by atoms with Gasteiger partial charge in [0.15, 0.2) is 0 Å². The second kappa shape index (κ2) is 4.55. The second-order valence-corrected chi connectivity index (χ2v) is 3.23. The Morgan fingerprint density at radius 3 is 2.40 bits per heavy atom. The van der Waals surface area contributed by atoms with Gasteiger partial charge in [0.25, 0.3) is 0 Å². The van der Waals surface area contributed by atoms with Gasteiger partial charge in [0.05, 0.1) is 12.8 Å². The Hall–Kier alpha value is -1.90.